The molecule has 1 aromatic carbocycles. The number of fused-ring (bicyclic) bond motifs is 1. The van der Waals surface area contributed by atoms with Crippen molar-refractivity contribution in [3.63, 3.8) is 0 Å². The molecule has 2 aromatic rings. The van der Waals surface area contributed by atoms with Crippen molar-refractivity contribution in [3.05, 3.63) is 35.9 Å². The van der Waals surface area contributed by atoms with Crippen molar-refractivity contribution in [3.8, 4) is 0 Å². The lowest BCUT2D eigenvalue weighted by molar-refractivity contribution is 0.502. The minimum atomic E-state index is 0.590. The van der Waals surface area contributed by atoms with Gasteiger partial charge >= 0.3 is 0 Å². The van der Waals surface area contributed by atoms with E-state index in [2.05, 4.69) is 49.5 Å². The number of pyridine rings is 1. The molecule has 3 rings (SSSR count). The zero-order valence-corrected chi connectivity index (χ0v) is 12.5. The lowest BCUT2D eigenvalue weighted by Crippen LogP contribution is -2.20. The van der Waals surface area contributed by atoms with E-state index >= 15 is 0 Å². The summed E-state index contributed by atoms with van der Waals surface area (Å²) in [6, 6.07) is 11.2. The maximum atomic E-state index is 4.81. The van der Waals surface area contributed by atoms with Crippen LogP contribution in [0.25, 0.3) is 10.9 Å². The number of aromatic nitrogens is 1. The number of hydrogen-bond acceptors (Lipinski definition) is 2. The standard InChI is InChI=1S/C18H24N2/c1-13-6-5-8-16(11-10-13)19-18-14(2)12-15-7-3-4-9-17(15)20-18/h3-4,7,9,12-13,16H,5-6,8,10-11H2,1-2H3,(H,19,20). The Kier molecular flexibility index (Phi) is 3.90. The second-order valence-corrected chi connectivity index (χ2v) is 6.30. The Balaban J connectivity index is 1.81. The van der Waals surface area contributed by atoms with Crippen LogP contribution in [0.3, 0.4) is 0 Å². The number of nitrogens with zero attached hydrogens (tertiary/aromatic N) is 1. The molecule has 1 heterocycles. The fourth-order valence-electron chi connectivity index (χ4n) is 3.19. The predicted octanol–water partition coefficient (Wildman–Crippen LogP) is 4.92. The lowest BCUT2D eigenvalue weighted by Gasteiger charge is -2.19. The van der Waals surface area contributed by atoms with Crippen LogP contribution in [-0.2, 0) is 0 Å². The number of nitrogens with one attached hydrogen (secondary N) is 1. The van der Waals surface area contributed by atoms with E-state index in [1.54, 1.807) is 0 Å². The van der Waals surface area contributed by atoms with E-state index < -0.39 is 0 Å². The average Bonchev–Trinajstić information content (AvgIpc) is 2.65. The van der Waals surface area contributed by atoms with Gasteiger partial charge in [0.25, 0.3) is 0 Å². The van der Waals surface area contributed by atoms with Gasteiger partial charge in [-0.05, 0) is 49.8 Å². The molecule has 2 nitrogen and oxygen atoms in total. The Labute approximate surface area is 121 Å². The summed E-state index contributed by atoms with van der Waals surface area (Å²) in [5, 5.41) is 4.92. The summed E-state index contributed by atoms with van der Waals surface area (Å²) in [6.07, 6.45) is 6.60. The Morgan fingerprint density at radius 3 is 2.85 bits per heavy atom. The van der Waals surface area contributed by atoms with Crippen molar-refractivity contribution < 1.29 is 0 Å². The first-order chi connectivity index (χ1) is 9.72. The fraction of sp³-hybridized carbons (Fsp3) is 0.500. The van der Waals surface area contributed by atoms with Crippen molar-refractivity contribution in [1.82, 2.24) is 4.98 Å². The quantitative estimate of drug-likeness (QED) is 0.782. The first kappa shape index (κ1) is 13.4. The molecule has 0 bridgehead atoms. The number of para-hydroxylation sites is 1. The Morgan fingerprint density at radius 1 is 1.10 bits per heavy atom. The third-order valence-electron chi connectivity index (χ3n) is 4.51. The monoisotopic (exact) mass is 268 g/mol. The molecular weight excluding hydrogens is 244 g/mol. The summed E-state index contributed by atoms with van der Waals surface area (Å²) in [6.45, 7) is 4.53. The van der Waals surface area contributed by atoms with E-state index in [0.717, 1.165) is 17.3 Å². The van der Waals surface area contributed by atoms with Crippen LogP contribution >= 0.6 is 0 Å². The molecule has 0 spiro atoms. The second kappa shape index (κ2) is 5.82. The van der Waals surface area contributed by atoms with Gasteiger partial charge in [0.05, 0.1) is 5.52 Å². The molecule has 0 radical (unpaired) electrons. The molecule has 1 saturated carbocycles. The van der Waals surface area contributed by atoms with E-state index in [0.29, 0.717) is 6.04 Å². The number of anilines is 1. The van der Waals surface area contributed by atoms with E-state index in [-0.39, 0.29) is 0 Å². The third-order valence-corrected chi connectivity index (χ3v) is 4.51. The normalized spacial score (nSPS) is 23.5. The van der Waals surface area contributed by atoms with Crippen molar-refractivity contribution in [2.24, 2.45) is 5.92 Å². The predicted molar refractivity (Wildman–Crippen MR) is 86.1 cm³/mol. The third kappa shape index (κ3) is 2.95. The molecule has 0 amide bonds. The molecule has 2 atom stereocenters. The van der Waals surface area contributed by atoms with Gasteiger partial charge in [0.15, 0.2) is 0 Å². The second-order valence-electron chi connectivity index (χ2n) is 6.30. The minimum Gasteiger partial charge on any atom is -0.367 e. The SMILES string of the molecule is Cc1cc2ccccc2nc1NC1CCCC(C)CC1. The van der Waals surface area contributed by atoms with Gasteiger partial charge in [-0.25, -0.2) is 4.98 Å². The topological polar surface area (TPSA) is 24.9 Å². The zero-order valence-electron chi connectivity index (χ0n) is 12.5. The first-order valence-electron chi connectivity index (χ1n) is 7.85. The van der Waals surface area contributed by atoms with Gasteiger partial charge in [-0.3, -0.25) is 0 Å². The highest BCUT2D eigenvalue weighted by molar-refractivity contribution is 5.81. The Bertz CT molecular complexity index is 591. The minimum absolute atomic E-state index is 0.590. The molecule has 0 aliphatic heterocycles. The average molecular weight is 268 g/mol. The van der Waals surface area contributed by atoms with Crippen LogP contribution in [0.4, 0.5) is 5.82 Å². The molecule has 1 fully saturated rings. The molecule has 1 aliphatic rings. The summed E-state index contributed by atoms with van der Waals surface area (Å²) in [4.78, 5) is 4.81. The van der Waals surface area contributed by atoms with Crippen LogP contribution in [0.15, 0.2) is 30.3 Å². The van der Waals surface area contributed by atoms with Gasteiger partial charge in [0.2, 0.25) is 0 Å². The summed E-state index contributed by atoms with van der Waals surface area (Å²) in [7, 11) is 0. The molecule has 1 aromatic heterocycles. The van der Waals surface area contributed by atoms with Gasteiger partial charge in [0.1, 0.15) is 5.82 Å². The first-order valence-corrected chi connectivity index (χ1v) is 7.85. The Morgan fingerprint density at radius 2 is 1.95 bits per heavy atom. The van der Waals surface area contributed by atoms with Gasteiger partial charge in [0, 0.05) is 11.4 Å². The largest absolute Gasteiger partial charge is 0.367 e. The maximum Gasteiger partial charge on any atom is 0.129 e. The molecule has 106 valence electrons. The highest BCUT2D eigenvalue weighted by Gasteiger charge is 2.17. The Hall–Kier alpha value is -1.57. The molecular formula is C18H24N2. The van der Waals surface area contributed by atoms with Crippen molar-refractivity contribution in [2.45, 2.75) is 52.0 Å². The van der Waals surface area contributed by atoms with Crippen LogP contribution in [0.2, 0.25) is 0 Å². The lowest BCUT2D eigenvalue weighted by atomic mass is 10.0. The van der Waals surface area contributed by atoms with Crippen LogP contribution in [0.5, 0.6) is 0 Å². The van der Waals surface area contributed by atoms with E-state index in [1.807, 2.05) is 0 Å². The number of aryl methyl sites for hydroxylation is 1. The highest BCUT2D eigenvalue weighted by atomic mass is 15.0. The van der Waals surface area contributed by atoms with E-state index in [9.17, 15) is 0 Å². The molecule has 20 heavy (non-hydrogen) atoms. The molecule has 2 heteroatoms. The number of benzene rings is 1. The van der Waals surface area contributed by atoms with Gasteiger partial charge in [-0.1, -0.05) is 38.0 Å². The van der Waals surface area contributed by atoms with Crippen molar-refractivity contribution in [1.29, 1.82) is 0 Å². The van der Waals surface area contributed by atoms with Crippen molar-refractivity contribution >= 4 is 16.7 Å². The van der Waals surface area contributed by atoms with Crippen LogP contribution in [0, 0.1) is 12.8 Å². The summed E-state index contributed by atoms with van der Waals surface area (Å²) >= 11 is 0. The molecule has 0 saturated heterocycles. The number of hydrogen-bond donors (Lipinski definition) is 1. The van der Waals surface area contributed by atoms with Gasteiger partial charge in [-0.15, -0.1) is 0 Å². The molecule has 1 aliphatic carbocycles. The van der Waals surface area contributed by atoms with Crippen LogP contribution in [-0.4, -0.2) is 11.0 Å². The smallest absolute Gasteiger partial charge is 0.129 e. The van der Waals surface area contributed by atoms with E-state index in [4.69, 9.17) is 4.98 Å². The summed E-state index contributed by atoms with van der Waals surface area (Å²) in [5.74, 6) is 1.95. The molecule has 2 unspecified atom stereocenters. The fourth-order valence-corrected chi connectivity index (χ4v) is 3.19. The zero-order chi connectivity index (χ0) is 13.9. The van der Waals surface area contributed by atoms with E-state index in [1.165, 1.54) is 43.1 Å². The highest BCUT2D eigenvalue weighted by Crippen LogP contribution is 2.26. The summed E-state index contributed by atoms with van der Waals surface area (Å²) in [5.41, 5.74) is 2.34. The van der Waals surface area contributed by atoms with Crippen molar-refractivity contribution in [2.75, 3.05) is 5.32 Å². The summed E-state index contributed by atoms with van der Waals surface area (Å²) < 4.78 is 0. The molecule has 1 N–H and O–H groups in total. The van der Waals surface area contributed by atoms with Gasteiger partial charge < -0.3 is 5.32 Å². The number of rotatable bonds is 2. The van der Waals surface area contributed by atoms with Crippen LogP contribution < -0.4 is 5.32 Å². The van der Waals surface area contributed by atoms with Crippen LogP contribution in [0.1, 0.15) is 44.6 Å². The van der Waals surface area contributed by atoms with Gasteiger partial charge in [-0.2, -0.15) is 0 Å². The maximum absolute atomic E-state index is 4.81.